The van der Waals surface area contributed by atoms with Crippen molar-refractivity contribution in [2.45, 2.75) is 38.0 Å². The Morgan fingerprint density at radius 2 is 2.26 bits per heavy atom. The van der Waals surface area contributed by atoms with Crippen LogP contribution in [0.15, 0.2) is 22.7 Å². The second-order valence-electron chi connectivity index (χ2n) is 4.73. The maximum absolute atomic E-state index is 5.98. The second kappa shape index (κ2) is 6.93. The first-order valence-corrected chi connectivity index (χ1v) is 7.70. The summed E-state index contributed by atoms with van der Waals surface area (Å²) in [6.07, 6.45) is 2.29. The van der Waals surface area contributed by atoms with Gasteiger partial charge in [-0.1, -0.05) is 18.5 Å². The van der Waals surface area contributed by atoms with Crippen LogP contribution in [0.2, 0.25) is 5.02 Å². The monoisotopic (exact) mass is 347 g/mol. The highest BCUT2D eigenvalue weighted by molar-refractivity contribution is 9.10. The van der Waals surface area contributed by atoms with Crippen LogP contribution >= 0.6 is 27.5 Å². The predicted octanol–water partition coefficient (Wildman–Crippen LogP) is 3.64. The van der Waals surface area contributed by atoms with E-state index in [1.165, 1.54) is 0 Å². The number of methoxy groups -OCH3 is 1. The predicted molar refractivity (Wildman–Crippen MR) is 81.1 cm³/mol. The van der Waals surface area contributed by atoms with Crippen molar-refractivity contribution in [1.82, 2.24) is 5.32 Å². The van der Waals surface area contributed by atoms with E-state index in [2.05, 4.69) is 28.2 Å². The van der Waals surface area contributed by atoms with Crippen LogP contribution in [0.25, 0.3) is 0 Å². The maximum atomic E-state index is 5.98. The Labute approximate surface area is 127 Å². The summed E-state index contributed by atoms with van der Waals surface area (Å²) in [5.74, 6) is 0.811. The number of ether oxygens (including phenoxy) is 2. The topological polar surface area (TPSA) is 30.5 Å². The molecule has 19 heavy (non-hydrogen) atoms. The largest absolute Gasteiger partial charge is 0.486 e. The molecule has 1 saturated carbocycles. The summed E-state index contributed by atoms with van der Waals surface area (Å²) in [5, 5.41) is 4.16. The molecule has 1 aliphatic carbocycles. The van der Waals surface area contributed by atoms with Gasteiger partial charge in [0.2, 0.25) is 0 Å². The van der Waals surface area contributed by atoms with Gasteiger partial charge in [-0.25, -0.2) is 0 Å². The van der Waals surface area contributed by atoms with Crippen LogP contribution in [-0.2, 0) is 4.74 Å². The first-order valence-electron chi connectivity index (χ1n) is 6.53. The zero-order chi connectivity index (χ0) is 13.8. The molecule has 1 fully saturated rings. The maximum Gasteiger partial charge on any atom is 0.134 e. The van der Waals surface area contributed by atoms with E-state index in [9.17, 15) is 0 Å². The number of rotatable bonds is 6. The van der Waals surface area contributed by atoms with Gasteiger partial charge < -0.3 is 14.8 Å². The van der Waals surface area contributed by atoms with Crippen LogP contribution in [0.4, 0.5) is 0 Å². The van der Waals surface area contributed by atoms with Crippen LogP contribution < -0.4 is 10.1 Å². The van der Waals surface area contributed by atoms with Crippen molar-refractivity contribution in [2.24, 2.45) is 0 Å². The third kappa shape index (κ3) is 3.63. The molecule has 1 aromatic rings. The van der Waals surface area contributed by atoms with E-state index in [0.29, 0.717) is 11.1 Å². The van der Waals surface area contributed by atoms with Gasteiger partial charge in [-0.15, -0.1) is 0 Å². The fourth-order valence-corrected chi connectivity index (χ4v) is 3.05. The lowest BCUT2D eigenvalue weighted by Gasteiger charge is -2.43. The summed E-state index contributed by atoms with van der Waals surface area (Å²) < 4.78 is 12.4. The number of hydrogen-bond donors (Lipinski definition) is 1. The molecule has 0 saturated heterocycles. The molecule has 106 valence electrons. The van der Waals surface area contributed by atoms with Gasteiger partial charge in [0.05, 0.1) is 4.47 Å². The second-order valence-corrected chi connectivity index (χ2v) is 6.02. The van der Waals surface area contributed by atoms with E-state index in [4.69, 9.17) is 21.1 Å². The van der Waals surface area contributed by atoms with Crippen molar-refractivity contribution in [2.75, 3.05) is 13.7 Å². The molecular formula is C14H19BrClNO2. The van der Waals surface area contributed by atoms with Crippen molar-refractivity contribution in [3.8, 4) is 5.75 Å². The summed E-state index contributed by atoms with van der Waals surface area (Å²) in [6, 6.07) is 5.94. The highest BCUT2D eigenvalue weighted by atomic mass is 79.9. The number of hydrogen-bond acceptors (Lipinski definition) is 3. The summed E-state index contributed by atoms with van der Waals surface area (Å²) in [6.45, 7) is 3.17. The third-order valence-corrected chi connectivity index (χ3v) is 4.21. The molecule has 0 aromatic heterocycles. The number of benzene rings is 1. The molecule has 1 aromatic carbocycles. The Morgan fingerprint density at radius 3 is 2.89 bits per heavy atom. The van der Waals surface area contributed by atoms with Crippen molar-refractivity contribution in [1.29, 1.82) is 0 Å². The van der Waals surface area contributed by atoms with Gasteiger partial charge in [0.25, 0.3) is 0 Å². The Morgan fingerprint density at radius 1 is 1.47 bits per heavy atom. The first kappa shape index (κ1) is 15.1. The summed E-state index contributed by atoms with van der Waals surface area (Å²) >= 11 is 9.38. The first-order chi connectivity index (χ1) is 9.15. The summed E-state index contributed by atoms with van der Waals surface area (Å²) in [5.41, 5.74) is 0. The van der Waals surface area contributed by atoms with E-state index in [1.54, 1.807) is 7.11 Å². The zero-order valence-electron chi connectivity index (χ0n) is 11.2. The molecule has 0 radical (unpaired) electrons. The Bertz CT molecular complexity index is 430. The summed E-state index contributed by atoms with van der Waals surface area (Å²) in [4.78, 5) is 0. The van der Waals surface area contributed by atoms with E-state index in [0.717, 1.165) is 29.6 Å². The standard InChI is InChI=1S/C14H19BrClNO2/c1-3-6-17-11-8-13(14(11)18-2)19-12-5-4-9(16)7-10(12)15/h4-5,7,11,13-14,17H,3,6,8H2,1-2H3. The quantitative estimate of drug-likeness (QED) is 0.851. The molecule has 3 nitrogen and oxygen atoms in total. The molecule has 5 heteroatoms. The lowest BCUT2D eigenvalue weighted by Crippen LogP contribution is -2.61. The highest BCUT2D eigenvalue weighted by Crippen LogP contribution is 2.34. The van der Waals surface area contributed by atoms with Crippen LogP contribution in [0, 0.1) is 0 Å². The minimum Gasteiger partial charge on any atom is -0.486 e. The van der Waals surface area contributed by atoms with Crippen molar-refractivity contribution in [3.05, 3.63) is 27.7 Å². The minimum absolute atomic E-state index is 0.0943. The molecular weight excluding hydrogens is 330 g/mol. The molecule has 1 N–H and O–H groups in total. The van der Waals surface area contributed by atoms with Crippen LogP contribution in [0.5, 0.6) is 5.75 Å². The van der Waals surface area contributed by atoms with Gasteiger partial charge in [-0.05, 0) is 47.1 Å². The lowest BCUT2D eigenvalue weighted by atomic mass is 9.85. The van der Waals surface area contributed by atoms with E-state index in [-0.39, 0.29) is 12.2 Å². The van der Waals surface area contributed by atoms with Gasteiger partial charge in [0.1, 0.15) is 18.0 Å². The van der Waals surface area contributed by atoms with Gasteiger partial charge in [0.15, 0.2) is 0 Å². The molecule has 3 atom stereocenters. The highest BCUT2D eigenvalue weighted by Gasteiger charge is 2.43. The van der Waals surface area contributed by atoms with E-state index in [1.807, 2.05) is 18.2 Å². The van der Waals surface area contributed by atoms with E-state index < -0.39 is 0 Å². The molecule has 0 aliphatic heterocycles. The molecule has 0 amide bonds. The Balaban J connectivity index is 1.93. The minimum atomic E-state index is 0.0943. The van der Waals surface area contributed by atoms with E-state index >= 15 is 0 Å². The number of halogens is 2. The van der Waals surface area contributed by atoms with Crippen LogP contribution in [0.3, 0.4) is 0 Å². The molecule has 0 spiro atoms. The van der Waals surface area contributed by atoms with Gasteiger partial charge in [0, 0.05) is 24.6 Å². The fourth-order valence-electron chi connectivity index (χ4n) is 2.28. The SMILES string of the molecule is CCCNC1CC(Oc2ccc(Cl)cc2Br)C1OC. The van der Waals surface area contributed by atoms with Gasteiger partial charge in [-0.3, -0.25) is 0 Å². The van der Waals surface area contributed by atoms with Gasteiger partial charge in [-0.2, -0.15) is 0 Å². The summed E-state index contributed by atoms with van der Waals surface area (Å²) in [7, 11) is 1.73. The Kier molecular flexibility index (Phi) is 5.51. The number of nitrogens with one attached hydrogen (secondary N) is 1. The smallest absolute Gasteiger partial charge is 0.134 e. The molecule has 0 bridgehead atoms. The molecule has 3 unspecified atom stereocenters. The molecule has 1 aliphatic rings. The van der Waals surface area contributed by atoms with Crippen LogP contribution in [0.1, 0.15) is 19.8 Å². The zero-order valence-corrected chi connectivity index (χ0v) is 13.5. The van der Waals surface area contributed by atoms with Crippen molar-refractivity contribution in [3.63, 3.8) is 0 Å². The van der Waals surface area contributed by atoms with Gasteiger partial charge >= 0.3 is 0 Å². The van der Waals surface area contributed by atoms with Crippen molar-refractivity contribution >= 4 is 27.5 Å². The normalized spacial score (nSPS) is 26.0. The molecule has 2 rings (SSSR count). The average Bonchev–Trinajstić information content (AvgIpc) is 2.35. The average molecular weight is 349 g/mol. The fraction of sp³-hybridized carbons (Fsp3) is 0.571. The Hall–Kier alpha value is -0.290. The molecule has 0 heterocycles. The third-order valence-electron chi connectivity index (χ3n) is 3.35. The lowest BCUT2D eigenvalue weighted by molar-refractivity contribution is -0.0889. The van der Waals surface area contributed by atoms with Crippen molar-refractivity contribution < 1.29 is 9.47 Å². The van der Waals surface area contributed by atoms with Crippen LogP contribution in [-0.4, -0.2) is 31.9 Å².